The summed E-state index contributed by atoms with van der Waals surface area (Å²) in [5.74, 6) is 0.566. The molecule has 29 heavy (non-hydrogen) atoms. The smallest absolute Gasteiger partial charge is 0.259 e. The maximum atomic E-state index is 12.8. The van der Waals surface area contributed by atoms with Crippen molar-refractivity contribution in [3.8, 4) is 11.5 Å². The van der Waals surface area contributed by atoms with Crippen LogP contribution in [-0.2, 0) is 0 Å². The number of nitrogens with one attached hydrogen (secondary N) is 2. The molecule has 0 aromatic heterocycles. The molecule has 0 aliphatic heterocycles. The van der Waals surface area contributed by atoms with Gasteiger partial charge in [0.25, 0.3) is 11.8 Å². The first-order valence-corrected chi connectivity index (χ1v) is 9.21. The third-order valence-electron chi connectivity index (χ3n) is 4.13. The molecule has 0 heterocycles. The summed E-state index contributed by atoms with van der Waals surface area (Å²) in [4.78, 5) is 24.8. The van der Waals surface area contributed by atoms with E-state index in [1.165, 1.54) is 0 Å². The van der Waals surface area contributed by atoms with Gasteiger partial charge in [0, 0.05) is 7.05 Å². The minimum atomic E-state index is -0.360. The second-order valence-corrected chi connectivity index (χ2v) is 6.08. The normalized spacial score (nSPS) is 10.1. The van der Waals surface area contributed by atoms with E-state index in [2.05, 4.69) is 10.6 Å². The number of carbonyl (C=O) groups is 2. The molecular weight excluding hydrogens is 368 g/mol. The summed E-state index contributed by atoms with van der Waals surface area (Å²) in [6.45, 7) is 0.632. The van der Waals surface area contributed by atoms with Crippen LogP contribution < -0.4 is 20.1 Å². The molecule has 3 rings (SSSR count). The molecule has 0 aliphatic rings. The summed E-state index contributed by atoms with van der Waals surface area (Å²) in [7, 11) is 1.54. The van der Waals surface area contributed by atoms with E-state index < -0.39 is 0 Å². The number of anilines is 1. The second kappa shape index (κ2) is 9.94. The van der Waals surface area contributed by atoms with Crippen molar-refractivity contribution in [2.75, 3.05) is 25.6 Å². The van der Waals surface area contributed by atoms with E-state index in [-0.39, 0.29) is 18.4 Å². The lowest BCUT2D eigenvalue weighted by Gasteiger charge is -2.14. The highest BCUT2D eigenvalue weighted by Crippen LogP contribution is 2.21. The minimum absolute atomic E-state index is 0.275. The van der Waals surface area contributed by atoms with Crippen molar-refractivity contribution in [3.63, 3.8) is 0 Å². The zero-order chi connectivity index (χ0) is 20.5. The Hall–Kier alpha value is -3.80. The van der Waals surface area contributed by atoms with Crippen molar-refractivity contribution < 1.29 is 19.1 Å². The summed E-state index contributed by atoms with van der Waals surface area (Å²) in [5, 5.41) is 5.35. The molecule has 0 saturated heterocycles. The summed E-state index contributed by atoms with van der Waals surface area (Å²) in [6, 6.07) is 23.2. The number of carbonyl (C=O) groups excluding carboxylic acids is 2. The Morgan fingerprint density at radius 1 is 0.724 bits per heavy atom. The Labute approximate surface area is 169 Å². The SMILES string of the molecule is CNC(=O)c1ccccc1NC(=O)c1ccccc1OCCOc1ccccc1. The molecule has 6 heteroatoms. The van der Waals surface area contributed by atoms with E-state index >= 15 is 0 Å². The summed E-state index contributed by atoms with van der Waals surface area (Å²) in [5.41, 5.74) is 1.19. The maximum Gasteiger partial charge on any atom is 0.259 e. The van der Waals surface area contributed by atoms with Gasteiger partial charge in [0.1, 0.15) is 24.7 Å². The van der Waals surface area contributed by atoms with Gasteiger partial charge in [-0.05, 0) is 36.4 Å². The molecule has 3 aromatic rings. The third kappa shape index (κ3) is 5.35. The van der Waals surface area contributed by atoms with E-state index in [4.69, 9.17) is 9.47 Å². The van der Waals surface area contributed by atoms with Crippen LogP contribution in [0.25, 0.3) is 0 Å². The van der Waals surface area contributed by atoms with Crippen molar-refractivity contribution in [2.24, 2.45) is 0 Å². The van der Waals surface area contributed by atoms with Crippen LogP contribution in [-0.4, -0.2) is 32.1 Å². The van der Waals surface area contributed by atoms with Crippen LogP contribution in [0.3, 0.4) is 0 Å². The van der Waals surface area contributed by atoms with E-state index in [1.807, 2.05) is 30.3 Å². The number of hydrogen-bond donors (Lipinski definition) is 2. The fourth-order valence-electron chi connectivity index (χ4n) is 2.72. The number of benzene rings is 3. The van der Waals surface area contributed by atoms with Crippen molar-refractivity contribution in [1.82, 2.24) is 5.32 Å². The second-order valence-electron chi connectivity index (χ2n) is 6.08. The third-order valence-corrected chi connectivity index (χ3v) is 4.13. The predicted molar refractivity (Wildman–Crippen MR) is 112 cm³/mol. The molecule has 3 aromatic carbocycles. The van der Waals surface area contributed by atoms with Crippen molar-refractivity contribution >= 4 is 17.5 Å². The average Bonchev–Trinajstić information content (AvgIpc) is 2.77. The summed E-state index contributed by atoms with van der Waals surface area (Å²) < 4.78 is 11.4. The van der Waals surface area contributed by atoms with Crippen molar-refractivity contribution in [3.05, 3.63) is 90.0 Å². The first-order chi connectivity index (χ1) is 14.2. The Morgan fingerprint density at radius 3 is 2.10 bits per heavy atom. The van der Waals surface area contributed by atoms with Crippen molar-refractivity contribution in [2.45, 2.75) is 0 Å². The van der Waals surface area contributed by atoms with Gasteiger partial charge in [0.05, 0.1) is 16.8 Å². The highest BCUT2D eigenvalue weighted by atomic mass is 16.5. The molecule has 0 bridgehead atoms. The van der Waals surface area contributed by atoms with Crippen LogP contribution in [0.15, 0.2) is 78.9 Å². The van der Waals surface area contributed by atoms with E-state index in [9.17, 15) is 9.59 Å². The molecule has 0 aliphatic carbocycles. The van der Waals surface area contributed by atoms with Crippen molar-refractivity contribution in [1.29, 1.82) is 0 Å². The van der Waals surface area contributed by atoms with E-state index in [0.29, 0.717) is 29.2 Å². The minimum Gasteiger partial charge on any atom is -0.490 e. The number of amides is 2. The number of para-hydroxylation sites is 3. The fraction of sp³-hybridized carbons (Fsp3) is 0.130. The maximum absolute atomic E-state index is 12.8. The molecule has 0 unspecified atom stereocenters. The van der Waals surface area contributed by atoms with Crippen LogP contribution in [0.2, 0.25) is 0 Å². The first-order valence-electron chi connectivity index (χ1n) is 9.21. The van der Waals surface area contributed by atoms with Gasteiger partial charge in [-0.1, -0.05) is 42.5 Å². The highest BCUT2D eigenvalue weighted by molar-refractivity contribution is 6.10. The molecule has 0 fully saturated rings. The van der Waals surface area contributed by atoms with Gasteiger partial charge in [0.15, 0.2) is 0 Å². The first kappa shape index (κ1) is 19.9. The van der Waals surface area contributed by atoms with Gasteiger partial charge in [-0.15, -0.1) is 0 Å². The number of rotatable bonds is 8. The molecule has 0 spiro atoms. The van der Waals surface area contributed by atoms with Crippen LogP contribution >= 0.6 is 0 Å². The van der Waals surface area contributed by atoms with Gasteiger partial charge < -0.3 is 20.1 Å². The lowest BCUT2D eigenvalue weighted by molar-refractivity contribution is 0.0964. The molecule has 2 N–H and O–H groups in total. The molecule has 6 nitrogen and oxygen atoms in total. The predicted octanol–water partition coefficient (Wildman–Crippen LogP) is 3.76. The Balaban J connectivity index is 1.65. The van der Waals surface area contributed by atoms with Crippen LogP contribution in [0.5, 0.6) is 11.5 Å². The van der Waals surface area contributed by atoms with Crippen LogP contribution in [0.4, 0.5) is 5.69 Å². The molecule has 0 atom stereocenters. The van der Waals surface area contributed by atoms with Gasteiger partial charge in [0.2, 0.25) is 0 Å². The van der Waals surface area contributed by atoms with Gasteiger partial charge in [-0.2, -0.15) is 0 Å². The van der Waals surface area contributed by atoms with E-state index in [0.717, 1.165) is 5.75 Å². The molecule has 0 radical (unpaired) electrons. The lowest BCUT2D eigenvalue weighted by atomic mass is 10.1. The number of ether oxygens (including phenoxy) is 2. The zero-order valence-corrected chi connectivity index (χ0v) is 16.1. The van der Waals surface area contributed by atoms with Crippen LogP contribution in [0.1, 0.15) is 20.7 Å². The standard InChI is InChI=1S/C23H22N2O4/c1-24-22(26)18-11-5-7-13-20(18)25-23(27)19-12-6-8-14-21(19)29-16-15-28-17-9-3-2-4-10-17/h2-14H,15-16H2,1H3,(H,24,26)(H,25,27). The summed E-state index contributed by atoms with van der Waals surface area (Å²) >= 11 is 0. The van der Waals surface area contributed by atoms with Gasteiger partial charge in [-0.25, -0.2) is 0 Å². The topological polar surface area (TPSA) is 76.7 Å². The molecular formula is C23H22N2O4. The Bertz CT molecular complexity index is 973. The average molecular weight is 390 g/mol. The Morgan fingerprint density at radius 2 is 1.34 bits per heavy atom. The fourth-order valence-corrected chi connectivity index (χ4v) is 2.72. The van der Waals surface area contributed by atoms with Gasteiger partial charge >= 0.3 is 0 Å². The Kier molecular flexibility index (Phi) is 6.84. The van der Waals surface area contributed by atoms with Gasteiger partial charge in [-0.3, -0.25) is 9.59 Å². The van der Waals surface area contributed by atoms with Crippen LogP contribution in [0, 0.1) is 0 Å². The quantitative estimate of drug-likeness (QED) is 0.574. The zero-order valence-electron chi connectivity index (χ0n) is 16.1. The molecule has 0 saturated carbocycles. The molecule has 148 valence electrons. The lowest BCUT2D eigenvalue weighted by Crippen LogP contribution is -2.22. The largest absolute Gasteiger partial charge is 0.490 e. The number of hydrogen-bond acceptors (Lipinski definition) is 4. The molecule has 2 amide bonds. The summed E-state index contributed by atoms with van der Waals surface area (Å²) in [6.07, 6.45) is 0. The van der Waals surface area contributed by atoms with E-state index in [1.54, 1.807) is 55.6 Å². The monoisotopic (exact) mass is 390 g/mol. The highest BCUT2D eigenvalue weighted by Gasteiger charge is 2.16.